The molecule has 2 aliphatic carbocycles. The highest BCUT2D eigenvalue weighted by Crippen LogP contribution is 2.38. The van der Waals surface area contributed by atoms with Crippen LogP contribution in [0.25, 0.3) is 0 Å². The minimum absolute atomic E-state index is 0.0488. The second kappa shape index (κ2) is 10.4. The Balaban J connectivity index is 1.32. The lowest BCUT2D eigenvalue weighted by Crippen LogP contribution is -2.52. The van der Waals surface area contributed by atoms with E-state index < -0.39 is 0 Å². The van der Waals surface area contributed by atoms with Gasteiger partial charge in [-0.1, -0.05) is 65.1 Å². The Morgan fingerprint density at radius 3 is 2.53 bits per heavy atom. The quantitative estimate of drug-likeness (QED) is 0.471. The van der Waals surface area contributed by atoms with Gasteiger partial charge in [-0.2, -0.15) is 0 Å². The smallest absolute Gasteiger partial charge is 0.223 e. The highest BCUT2D eigenvalue weighted by atomic mass is 35.5. The van der Waals surface area contributed by atoms with Crippen LogP contribution >= 0.6 is 34.8 Å². The molecule has 2 aromatic rings. The number of halogens is 3. The second-order valence-corrected chi connectivity index (χ2v) is 10.9. The van der Waals surface area contributed by atoms with Crippen molar-refractivity contribution in [3.05, 3.63) is 86.4 Å². The summed E-state index contributed by atoms with van der Waals surface area (Å²) in [4.78, 5) is 15.6. The average molecular weight is 516 g/mol. The van der Waals surface area contributed by atoms with Gasteiger partial charge in [0.25, 0.3) is 0 Å². The first-order valence-electron chi connectivity index (χ1n) is 12.1. The molecular formula is C28H29Cl3N2O. The molecule has 0 spiro atoms. The number of aryl methyl sites for hydroxylation is 1. The monoisotopic (exact) mass is 514 g/mol. The minimum atomic E-state index is 0.0488. The Morgan fingerprint density at radius 1 is 0.941 bits per heavy atom. The van der Waals surface area contributed by atoms with Gasteiger partial charge < -0.3 is 10.2 Å². The molecule has 1 aliphatic heterocycles. The van der Waals surface area contributed by atoms with Gasteiger partial charge in [0.05, 0.1) is 16.8 Å². The molecule has 2 aromatic carbocycles. The van der Waals surface area contributed by atoms with Crippen LogP contribution in [0.4, 0.5) is 5.69 Å². The normalized spacial score (nSPS) is 24.7. The Kier molecular flexibility index (Phi) is 7.24. The number of amides is 1. The van der Waals surface area contributed by atoms with E-state index in [4.69, 9.17) is 34.8 Å². The summed E-state index contributed by atoms with van der Waals surface area (Å²) in [7, 11) is 0. The van der Waals surface area contributed by atoms with Crippen LogP contribution in [0, 0.1) is 5.92 Å². The number of nitrogens with zero attached hydrogens (tertiary/aromatic N) is 1. The summed E-state index contributed by atoms with van der Waals surface area (Å²) in [5.41, 5.74) is 5.03. The molecule has 6 heteroatoms. The molecule has 3 unspecified atom stereocenters. The van der Waals surface area contributed by atoms with E-state index in [1.54, 1.807) is 6.07 Å². The summed E-state index contributed by atoms with van der Waals surface area (Å²) >= 11 is 19.0. The van der Waals surface area contributed by atoms with Crippen molar-refractivity contribution in [3.63, 3.8) is 0 Å². The maximum Gasteiger partial charge on any atom is 0.223 e. The van der Waals surface area contributed by atoms with Gasteiger partial charge in [-0.25, -0.2) is 0 Å². The lowest BCUT2D eigenvalue weighted by Gasteiger charge is -2.43. The van der Waals surface area contributed by atoms with E-state index in [-0.39, 0.29) is 23.9 Å². The van der Waals surface area contributed by atoms with Gasteiger partial charge in [-0.15, -0.1) is 0 Å². The predicted octanol–water partition coefficient (Wildman–Crippen LogP) is 7.10. The molecule has 3 atom stereocenters. The highest BCUT2D eigenvalue weighted by molar-refractivity contribution is 6.36. The van der Waals surface area contributed by atoms with Gasteiger partial charge in [0.1, 0.15) is 0 Å². The van der Waals surface area contributed by atoms with E-state index in [0.717, 1.165) is 62.2 Å². The third-order valence-corrected chi connectivity index (χ3v) is 8.30. The van der Waals surface area contributed by atoms with Gasteiger partial charge >= 0.3 is 0 Å². The van der Waals surface area contributed by atoms with Gasteiger partial charge in [-0.3, -0.25) is 4.79 Å². The zero-order valence-corrected chi connectivity index (χ0v) is 21.3. The standard InChI is InChI=1S/C28H29Cl3N2O/c29-22-9-7-19(8-10-22)27-17-24(13-14-33(27)26-12-11-23(30)16-25(26)31)32-28(34)21-6-5-18-3-1-2-4-20(18)15-21/h1-4,7,9,11-12,16,21,24,27H,5-6,8,10,13-15,17H2,(H,32,34). The number of carbonyl (C=O) groups excluding carboxylic acids is 1. The Morgan fingerprint density at radius 2 is 1.76 bits per heavy atom. The van der Waals surface area contributed by atoms with Crippen molar-refractivity contribution in [2.24, 2.45) is 5.92 Å². The first-order chi connectivity index (χ1) is 16.5. The fourth-order valence-electron chi connectivity index (χ4n) is 5.60. The third-order valence-electron chi connectivity index (χ3n) is 7.44. The Labute approximate surface area is 216 Å². The molecule has 1 fully saturated rings. The molecule has 1 amide bonds. The van der Waals surface area contributed by atoms with E-state index in [9.17, 15) is 4.79 Å². The molecule has 0 bridgehead atoms. The number of hydrogen-bond acceptors (Lipinski definition) is 2. The van der Waals surface area contributed by atoms with Crippen molar-refractivity contribution in [3.8, 4) is 0 Å². The number of nitrogens with one attached hydrogen (secondary N) is 1. The summed E-state index contributed by atoms with van der Waals surface area (Å²) in [6, 6.07) is 14.5. The molecule has 1 N–H and O–H groups in total. The van der Waals surface area contributed by atoms with Gasteiger partial charge in [0, 0.05) is 28.6 Å². The molecule has 1 saturated heterocycles. The molecular weight excluding hydrogens is 487 g/mol. The lowest BCUT2D eigenvalue weighted by atomic mass is 9.82. The molecule has 5 rings (SSSR count). The number of rotatable bonds is 4. The van der Waals surface area contributed by atoms with Crippen molar-refractivity contribution in [2.45, 2.75) is 57.0 Å². The van der Waals surface area contributed by atoms with Gasteiger partial charge in [-0.05, 0) is 85.9 Å². The van der Waals surface area contributed by atoms with Crippen molar-refractivity contribution < 1.29 is 4.79 Å². The average Bonchev–Trinajstić information content (AvgIpc) is 2.84. The van der Waals surface area contributed by atoms with Crippen molar-refractivity contribution in [1.29, 1.82) is 0 Å². The van der Waals surface area contributed by atoms with Crippen LogP contribution in [-0.4, -0.2) is 24.5 Å². The second-order valence-electron chi connectivity index (χ2n) is 9.60. The minimum Gasteiger partial charge on any atom is -0.363 e. The van der Waals surface area contributed by atoms with Crippen LogP contribution < -0.4 is 10.2 Å². The van der Waals surface area contributed by atoms with E-state index in [1.165, 1.54) is 16.7 Å². The van der Waals surface area contributed by atoms with Crippen LogP contribution in [0.15, 0.2) is 65.2 Å². The van der Waals surface area contributed by atoms with Crippen molar-refractivity contribution in [1.82, 2.24) is 5.32 Å². The van der Waals surface area contributed by atoms with E-state index in [0.29, 0.717) is 10.0 Å². The molecule has 3 aliphatic rings. The fraction of sp³-hybridized carbons (Fsp3) is 0.393. The van der Waals surface area contributed by atoms with Crippen LogP contribution in [0.2, 0.25) is 10.0 Å². The Bertz CT molecular complexity index is 1140. The van der Waals surface area contributed by atoms with Crippen molar-refractivity contribution >= 4 is 46.4 Å². The number of fused-ring (bicyclic) bond motifs is 1. The topological polar surface area (TPSA) is 32.3 Å². The number of hydrogen-bond donors (Lipinski definition) is 1. The molecule has 0 saturated carbocycles. The van der Waals surface area contributed by atoms with Crippen LogP contribution in [0.1, 0.15) is 43.2 Å². The lowest BCUT2D eigenvalue weighted by molar-refractivity contribution is -0.126. The number of piperidine rings is 1. The summed E-state index contributed by atoms with van der Waals surface area (Å²) in [6.07, 6.45) is 10.4. The maximum atomic E-state index is 13.2. The molecule has 178 valence electrons. The number of allylic oxidation sites excluding steroid dienone is 3. The summed E-state index contributed by atoms with van der Waals surface area (Å²) in [6.45, 7) is 0.819. The number of carbonyl (C=O) groups is 1. The molecule has 3 nitrogen and oxygen atoms in total. The van der Waals surface area contributed by atoms with Gasteiger partial charge in [0.15, 0.2) is 0 Å². The van der Waals surface area contributed by atoms with E-state index in [1.807, 2.05) is 18.2 Å². The molecule has 34 heavy (non-hydrogen) atoms. The largest absolute Gasteiger partial charge is 0.363 e. The van der Waals surface area contributed by atoms with Gasteiger partial charge in [0.2, 0.25) is 5.91 Å². The van der Waals surface area contributed by atoms with Crippen LogP contribution in [-0.2, 0) is 17.6 Å². The summed E-state index contributed by atoms with van der Waals surface area (Å²) in [5, 5.41) is 5.58. The Hall–Kier alpha value is -1.94. The first kappa shape index (κ1) is 23.8. The molecule has 0 aromatic heterocycles. The highest BCUT2D eigenvalue weighted by Gasteiger charge is 2.34. The zero-order chi connectivity index (χ0) is 23.7. The fourth-order valence-corrected chi connectivity index (χ4v) is 6.27. The van der Waals surface area contributed by atoms with Crippen molar-refractivity contribution in [2.75, 3.05) is 11.4 Å². The zero-order valence-electron chi connectivity index (χ0n) is 19.1. The number of anilines is 1. The SMILES string of the molecule is O=C(NC1CCN(c2ccc(Cl)cc2Cl)C(C2=CC=C(Cl)CC2)C1)C1CCc2ccccc2C1. The van der Waals surface area contributed by atoms with Crippen LogP contribution in [0.3, 0.4) is 0 Å². The number of benzene rings is 2. The van der Waals surface area contributed by atoms with E-state index in [2.05, 4.69) is 40.6 Å². The summed E-state index contributed by atoms with van der Waals surface area (Å²) in [5.74, 6) is 0.240. The summed E-state index contributed by atoms with van der Waals surface area (Å²) < 4.78 is 0. The molecule has 0 radical (unpaired) electrons. The maximum absolute atomic E-state index is 13.2. The predicted molar refractivity (Wildman–Crippen MR) is 142 cm³/mol. The third kappa shape index (κ3) is 5.17. The first-order valence-corrected chi connectivity index (χ1v) is 13.3. The van der Waals surface area contributed by atoms with E-state index >= 15 is 0 Å². The molecule has 1 heterocycles. The van der Waals surface area contributed by atoms with Crippen LogP contribution in [0.5, 0.6) is 0 Å².